The molecule has 0 atom stereocenters. The number of rotatable bonds is 4. The van der Waals surface area contributed by atoms with Crippen molar-refractivity contribution in [1.82, 2.24) is 0 Å². The minimum absolute atomic E-state index is 0.176. The Bertz CT molecular complexity index is 1720. The van der Waals surface area contributed by atoms with E-state index >= 15 is 0 Å². The lowest BCUT2D eigenvalue weighted by atomic mass is 9.84. The first-order valence-corrected chi connectivity index (χ1v) is 15.9. The largest absolute Gasteiger partial charge is 0.871 e. The molecule has 0 spiro atoms. The second kappa shape index (κ2) is 11.6. The summed E-state index contributed by atoms with van der Waals surface area (Å²) in [5.74, 6) is 2.39. The lowest BCUT2D eigenvalue weighted by Gasteiger charge is -2.30. The van der Waals surface area contributed by atoms with Crippen molar-refractivity contribution < 1.29 is 19.1 Å². The second-order valence-electron chi connectivity index (χ2n) is 12.5. The average Bonchev–Trinajstić information content (AvgIpc) is 2.94. The van der Waals surface area contributed by atoms with Crippen LogP contribution in [0.1, 0.15) is 58.4 Å². The molecule has 0 saturated heterocycles. The standard InChI is InChI=1S/C36H32I2O4/c1-35(2,3)31-19-21(17-29(41-31)23-7-11-25(37)12-8-23)15-27-33(39)28(34(27)40)16-22-18-30(24-9-13-26(38)14-10-24)42-32(20-22)36(4,5)6/h7-20H,1-6H3. The number of carbonyl (C=O) groups is 1. The average molecular weight is 782 g/mol. The zero-order valence-corrected chi connectivity index (χ0v) is 28.8. The molecule has 2 aromatic carbocycles. The van der Waals surface area contributed by atoms with Gasteiger partial charge in [0.25, 0.3) is 0 Å². The summed E-state index contributed by atoms with van der Waals surface area (Å²) >= 11 is 4.54. The minimum atomic E-state index is -0.261. The number of ether oxygens (including phenoxy) is 1. The molecule has 3 aromatic rings. The molecule has 0 radical (unpaired) electrons. The van der Waals surface area contributed by atoms with Gasteiger partial charge in [0.15, 0.2) is 5.78 Å². The molecule has 1 aliphatic heterocycles. The molecule has 0 N–H and O–H groups in total. The normalized spacial score (nSPS) is 17.7. The molecule has 2 heterocycles. The molecule has 214 valence electrons. The third-order valence-corrected chi connectivity index (χ3v) is 8.41. The van der Waals surface area contributed by atoms with Crippen molar-refractivity contribution in [2.45, 2.75) is 47.0 Å². The van der Waals surface area contributed by atoms with E-state index in [-0.39, 0.29) is 33.5 Å². The van der Waals surface area contributed by atoms with Crippen molar-refractivity contribution in [2.24, 2.45) is 5.41 Å². The Balaban J connectivity index is 1.54. The van der Waals surface area contributed by atoms with Crippen LogP contribution >= 0.6 is 45.2 Å². The molecule has 5 rings (SSSR count). The van der Waals surface area contributed by atoms with E-state index in [1.807, 2.05) is 72.8 Å². The highest BCUT2D eigenvalue weighted by Crippen LogP contribution is 2.39. The molecule has 0 unspecified atom stereocenters. The van der Waals surface area contributed by atoms with Crippen LogP contribution in [0.5, 0.6) is 0 Å². The van der Waals surface area contributed by atoms with E-state index in [0.29, 0.717) is 11.5 Å². The Morgan fingerprint density at radius 1 is 0.786 bits per heavy atom. The first kappa shape index (κ1) is 30.5. The van der Waals surface area contributed by atoms with Gasteiger partial charge in [-0.1, -0.05) is 38.7 Å². The topological polar surface area (TPSA) is 60.7 Å². The number of Topliss-reactive ketones (excluding diaryl/α,β-unsaturated/α-hetero) is 1. The van der Waals surface area contributed by atoms with Crippen molar-refractivity contribution in [3.05, 3.63) is 131 Å². The monoisotopic (exact) mass is 782 g/mol. The first-order chi connectivity index (χ1) is 19.7. The summed E-state index contributed by atoms with van der Waals surface area (Å²) in [5.41, 5.74) is 3.20. The lowest BCUT2D eigenvalue weighted by molar-refractivity contribution is -0.300. The summed E-state index contributed by atoms with van der Waals surface area (Å²) < 4.78 is 14.8. The summed E-state index contributed by atoms with van der Waals surface area (Å²) in [4.78, 5) is 13.3. The fourth-order valence-electron chi connectivity index (χ4n) is 4.49. The number of carbonyl (C=O) groups excluding carboxylic acids is 1. The highest BCUT2D eigenvalue weighted by molar-refractivity contribution is 14.1. The van der Waals surface area contributed by atoms with Gasteiger partial charge in [0.1, 0.15) is 11.5 Å². The maximum atomic E-state index is 13.3. The van der Waals surface area contributed by atoms with Crippen molar-refractivity contribution in [2.75, 3.05) is 0 Å². The molecule has 6 heteroatoms. The van der Waals surface area contributed by atoms with Crippen molar-refractivity contribution in [3.63, 3.8) is 0 Å². The van der Waals surface area contributed by atoms with E-state index in [0.717, 1.165) is 40.9 Å². The van der Waals surface area contributed by atoms with Crippen molar-refractivity contribution in [1.29, 1.82) is 0 Å². The quantitative estimate of drug-likeness (QED) is 0.151. The van der Waals surface area contributed by atoms with Gasteiger partial charge >= 0.3 is 11.5 Å². The minimum Gasteiger partial charge on any atom is -0.871 e. The second-order valence-corrected chi connectivity index (χ2v) is 15.0. The van der Waals surface area contributed by atoms with Gasteiger partial charge in [-0.05, 0) is 138 Å². The Morgan fingerprint density at radius 2 is 1.38 bits per heavy atom. The highest BCUT2D eigenvalue weighted by Gasteiger charge is 2.31. The van der Waals surface area contributed by atoms with E-state index in [1.54, 1.807) is 12.2 Å². The Hall–Kier alpha value is -2.98. The Morgan fingerprint density at radius 3 is 1.93 bits per heavy atom. The van der Waals surface area contributed by atoms with E-state index in [4.69, 9.17) is 9.15 Å². The summed E-state index contributed by atoms with van der Waals surface area (Å²) in [6, 6.07) is 19.9. The fourth-order valence-corrected chi connectivity index (χ4v) is 5.21. The van der Waals surface area contributed by atoms with Gasteiger partial charge in [-0.25, -0.2) is 4.42 Å². The van der Waals surface area contributed by atoms with E-state index < -0.39 is 0 Å². The van der Waals surface area contributed by atoms with Gasteiger partial charge in [-0.15, -0.1) is 0 Å². The van der Waals surface area contributed by atoms with Gasteiger partial charge in [0, 0.05) is 35.3 Å². The van der Waals surface area contributed by atoms with Gasteiger partial charge in [0.05, 0.1) is 17.0 Å². The number of ketones is 1. The molecular weight excluding hydrogens is 750 g/mol. The third-order valence-electron chi connectivity index (χ3n) is 6.97. The van der Waals surface area contributed by atoms with E-state index in [1.165, 1.54) is 0 Å². The maximum Gasteiger partial charge on any atom is 0.360 e. The predicted molar refractivity (Wildman–Crippen MR) is 184 cm³/mol. The van der Waals surface area contributed by atoms with Crippen molar-refractivity contribution in [3.8, 4) is 11.3 Å². The molecule has 2 aliphatic rings. The van der Waals surface area contributed by atoms with E-state index in [2.05, 4.69) is 86.7 Å². The molecule has 42 heavy (non-hydrogen) atoms. The Labute approximate surface area is 274 Å². The molecular formula is C36H32I2O4. The number of hydrogen-bond donors (Lipinski definition) is 0. The zero-order valence-electron chi connectivity index (χ0n) is 24.5. The molecule has 0 bridgehead atoms. The first-order valence-electron chi connectivity index (χ1n) is 13.7. The fraction of sp³-hybridized carbons (Fsp3) is 0.222. The van der Waals surface area contributed by atoms with Gasteiger partial charge in [-0.2, -0.15) is 0 Å². The van der Waals surface area contributed by atoms with Crippen LogP contribution in [0.4, 0.5) is 0 Å². The van der Waals surface area contributed by atoms with Crippen LogP contribution < -0.4 is 5.11 Å². The molecule has 0 saturated carbocycles. The number of benzene rings is 2. The number of allylic oxidation sites excluding steroid dienone is 7. The zero-order chi connectivity index (χ0) is 30.4. The molecule has 4 nitrogen and oxygen atoms in total. The third kappa shape index (κ3) is 6.64. The van der Waals surface area contributed by atoms with Gasteiger partial charge < -0.3 is 9.84 Å². The summed E-state index contributed by atoms with van der Waals surface area (Å²) in [7, 11) is 0. The number of hydrogen-bond acceptors (Lipinski definition) is 3. The van der Waals surface area contributed by atoms with Crippen LogP contribution in [0.25, 0.3) is 23.2 Å². The van der Waals surface area contributed by atoms with E-state index in [9.17, 15) is 9.90 Å². The van der Waals surface area contributed by atoms with Gasteiger partial charge in [0.2, 0.25) is 0 Å². The SMILES string of the molecule is CC(C)(C)C1=CC(=CC2=C([O-])C(=Cc3cc(-c4ccc(I)cc4)[o+]c(C(C)(C)C)c3)C2=O)C=C(c2ccc(I)cc2)O1. The molecule has 1 aromatic heterocycles. The van der Waals surface area contributed by atoms with Crippen LogP contribution in [0.15, 0.2) is 112 Å². The predicted octanol–water partition coefficient (Wildman–Crippen LogP) is 9.24. The van der Waals surface area contributed by atoms with Crippen LogP contribution in [0.3, 0.4) is 0 Å². The van der Waals surface area contributed by atoms with Crippen LogP contribution in [0.2, 0.25) is 0 Å². The molecule has 1 aliphatic carbocycles. The molecule has 0 fully saturated rings. The highest BCUT2D eigenvalue weighted by atomic mass is 127. The van der Waals surface area contributed by atoms with Crippen LogP contribution in [0, 0.1) is 12.6 Å². The van der Waals surface area contributed by atoms with Crippen LogP contribution in [-0.2, 0) is 14.9 Å². The van der Waals surface area contributed by atoms with Crippen molar-refractivity contribution >= 4 is 62.8 Å². The van der Waals surface area contributed by atoms with Crippen LogP contribution in [-0.4, -0.2) is 5.78 Å². The lowest BCUT2D eigenvalue weighted by Crippen LogP contribution is -2.29. The summed E-state index contributed by atoms with van der Waals surface area (Å²) in [6.45, 7) is 12.4. The maximum absolute atomic E-state index is 13.3. The van der Waals surface area contributed by atoms with Gasteiger partial charge in [-0.3, -0.25) is 4.79 Å². The summed E-state index contributed by atoms with van der Waals surface area (Å²) in [5, 5.41) is 13.3. The summed E-state index contributed by atoms with van der Waals surface area (Å²) in [6.07, 6.45) is 7.16. The number of halogens is 2. The Kier molecular flexibility index (Phi) is 8.42. The molecule has 0 amide bonds. The smallest absolute Gasteiger partial charge is 0.360 e.